The molecule has 124 valence electrons. The second-order valence-corrected chi connectivity index (χ2v) is 6.10. The Morgan fingerprint density at radius 1 is 1.35 bits per heavy atom. The van der Waals surface area contributed by atoms with Crippen molar-refractivity contribution in [2.75, 3.05) is 18.6 Å². The molecule has 1 fully saturated rings. The molecule has 1 aliphatic rings. The zero-order chi connectivity index (χ0) is 16.8. The van der Waals surface area contributed by atoms with Crippen molar-refractivity contribution in [3.63, 3.8) is 0 Å². The van der Waals surface area contributed by atoms with E-state index in [1.165, 1.54) is 12.1 Å². The van der Waals surface area contributed by atoms with Crippen LogP contribution in [0.4, 0.5) is 9.18 Å². The molecule has 0 radical (unpaired) electrons. The highest BCUT2D eigenvalue weighted by molar-refractivity contribution is 7.98. The second-order valence-electron chi connectivity index (χ2n) is 5.11. The maximum absolute atomic E-state index is 12.8. The number of thioether (sulfide) groups is 1. The van der Waals surface area contributed by atoms with Crippen molar-refractivity contribution in [2.24, 2.45) is 0 Å². The molecule has 1 aliphatic heterocycles. The zero-order valence-corrected chi connectivity index (χ0v) is 13.5. The van der Waals surface area contributed by atoms with Crippen molar-refractivity contribution in [3.05, 3.63) is 35.6 Å². The summed E-state index contributed by atoms with van der Waals surface area (Å²) < 4.78 is 12.8. The second kappa shape index (κ2) is 7.96. The summed E-state index contributed by atoms with van der Waals surface area (Å²) >= 11 is 1.59. The van der Waals surface area contributed by atoms with Gasteiger partial charge in [0, 0.05) is 6.54 Å². The molecular formula is C15H18FN3O3S. The molecule has 8 heteroatoms. The van der Waals surface area contributed by atoms with Crippen molar-refractivity contribution in [1.29, 1.82) is 0 Å². The lowest BCUT2D eigenvalue weighted by Crippen LogP contribution is -2.41. The Kier molecular flexibility index (Phi) is 5.97. The van der Waals surface area contributed by atoms with E-state index in [0.717, 1.165) is 16.2 Å². The molecule has 2 rings (SSSR count). The highest BCUT2D eigenvalue weighted by atomic mass is 32.2. The van der Waals surface area contributed by atoms with Gasteiger partial charge in [0.25, 0.3) is 5.91 Å². The third-order valence-corrected chi connectivity index (χ3v) is 4.07. The van der Waals surface area contributed by atoms with Gasteiger partial charge in [-0.25, -0.2) is 9.18 Å². The van der Waals surface area contributed by atoms with E-state index in [-0.39, 0.29) is 24.8 Å². The van der Waals surface area contributed by atoms with Crippen LogP contribution in [0.3, 0.4) is 0 Å². The third-order valence-electron chi connectivity index (χ3n) is 3.42. The van der Waals surface area contributed by atoms with Crippen molar-refractivity contribution in [1.82, 2.24) is 15.5 Å². The van der Waals surface area contributed by atoms with Crippen LogP contribution in [0.25, 0.3) is 0 Å². The van der Waals surface area contributed by atoms with Gasteiger partial charge in [0.15, 0.2) is 0 Å². The fourth-order valence-electron chi connectivity index (χ4n) is 2.16. The fraction of sp³-hybridized carbons (Fsp3) is 0.400. The lowest BCUT2D eigenvalue weighted by molar-refractivity contribution is -0.132. The number of hydrogen-bond donors (Lipinski definition) is 2. The summed E-state index contributed by atoms with van der Waals surface area (Å²) in [5.74, 6) is -0.415. The molecule has 0 bridgehead atoms. The summed E-state index contributed by atoms with van der Waals surface area (Å²) in [7, 11) is 0. The number of halogens is 1. The Morgan fingerprint density at radius 3 is 2.70 bits per heavy atom. The molecule has 0 spiro atoms. The van der Waals surface area contributed by atoms with Gasteiger partial charge in [-0.3, -0.25) is 14.5 Å². The Morgan fingerprint density at radius 2 is 2.04 bits per heavy atom. The van der Waals surface area contributed by atoms with Crippen LogP contribution >= 0.6 is 11.8 Å². The van der Waals surface area contributed by atoms with Gasteiger partial charge in [-0.15, -0.1) is 0 Å². The Balaban J connectivity index is 1.83. The lowest BCUT2D eigenvalue weighted by Gasteiger charge is -2.13. The van der Waals surface area contributed by atoms with E-state index < -0.39 is 18.0 Å². The number of hydrogen-bond acceptors (Lipinski definition) is 4. The number of carbonyl (C=O) groups excluding carboxylic acids is 3. The Hall–Kier alpha value is -2.09. The van der Waals surface area contributed by atoms with Gasteiger partial charge < -0.3 is 10.6 Å². The first kappa shape index (κ1) is 17.3. The monoisotopic (exact) mass is 339 g/mol. The SMILES string of the molecule is CSCC[C@H]1NC(=O)N(CC(=O)NCc2ccc(F)cc2)C1=O. The number of nitrogens with one attached hydrogen (secondary N) is 2. The number of carbonyl (C=O) groups is 3. The molecule has 1 heterocycles. The molecule has 23 heavy (non-hydrogen) atoms. The highest BCUT2D eigenvalue weighted by Gasteiger charge is 2.38. The molecule has 6 nitrogen and oxygen atoms in total. The molecule has 0 aliphatic carbocycles. The number of imide groups is 1. The van der Waals surface area contributed by atoms with Crippen molar-refractivity contribution >= 4 is 29.6 Å². The predicted molar refractivity (Wildman–Crippen MR) is 85.3 cm³/mol. The largest absolute Gasteiger partial charge is 0.350 e. The minimum absolute atomic E-state index is 0.207. The minimum atomic E-state index is -0.556. The van der Waals surface area contributed by atoms with E-state index in [2.05, 4.69) is 10.6 Å². The van der Waals surface area contributed by atoms with Gasteiger partial charge in [-0.05, 0) is 36.1 Å². The van der Waals surface area contributed by atoms with Crippen LogP contribution in [0.15, 0.2) is 24.3 Å². The van der Waals surface area contributed by atoms with E-state index in [4.69, 9.17) is 0 Å². The van der Waals surface area contributed by atoms with Crippen LogP contribution in [-0.4, -0.2) is 47.3 Å². The van der Waals surface area contributed by atoms with E-state index in [9.17, 15) is 18.8 Å². The standard InChI is InChI=1S/C15H18FN3O3S/c1-23-7-6-12-14(21)19(15(22)18-12)9-13(20)17-8-10-2-4-11(16)5-3-10/h2-5,12H,6-9H2,1H3,(H,17,20)(H,18,22)/t12-/m1/s1. The van der Waals surface area contributed by atoms with Crippen molar-refractivity contribution < 1.29 is 18.8 Å². The van der Waals surface area contributed by atoms with Gasteiger partial charge in [-0.1, -0.05) is 12.1 Å². The van der Waals surface area contributed by atoms with Crippen molar-refractivity contribution in [2.45, 2.75) is 19.0 Å². The number of rotatable bonds is 7. The predicted octanol–water partition coefficient (Wildman–Crippen LogP) is 1.12. The zero-order valence-electron chi connectivity index (χ0n) is 12.7. The molecule has 4 amide bonds. The number of benzene rings is 1. The van der Waals surface area contributed by atoms with Crippen LogP contribution in [0, 0.1) is 5.82 Å². The van der Waals surface area contributed by atoms with Crippen LogP contribution in [-0.2, 0) is 16.1 Å². The van der Waals surface area contributed by atoms with E-state index in [1.807, 2.05) is 6.26 Å². The average Bonchev–Trinajstić information content (AvgIpc) is 2.80. The first-order chi connectivity index (χ1) is 11.0. The molecule has 1 aromatic rings. The topological polar surface area (TPSA) is 78.5 Å². The smallest absolute Gasteiger partial charge is 0.325 e. The molecule has 1 saturated heterocycles. The van der Waals surface area contributed by atoms with Crippen LogP contribution in [0.2, 0.25) is 0 Å². The fourth-order valence-corrected chi connectivity index (χ4v) is 2.63. The van der Waals surface area contributed by atoms with Gasteiger partial charge in [0.05, 0.1) is 0 Å². The summed E-state index contributed by atoms with van der Waals surface area (Å²) in [6.07, 6.45) is 2.46. The van der Waals surface area contributed by atoms with Gasteiger partial charge in [0.2, 0.25) is 5.91 Å². The van der Waals surface area contributed by atoms with Crippen LogP contribution in [0.1, 0.15) is 12.0 Å². The Labute approximate surface area is 137 Å². The minimum Gasteiger partial charge on any atom is -0.350 e. The Bertz CT molecular complexity index is 594. The lowest BCUT2D eigenvalue weighted by atomic mass is 10.2. The summed E-state index contributed by atoms with van der Waals surface area (Å²) in [6, 6.07) is 4.62. The molecule has 0 saturated carbocycles. The molecule has 0 aromatic heterocycles. The maximum Gasteiger partial charge on any atom is 0.325 e. The summed E-state index contributed by atoms with van der Waals surface area (Å²) in [4.78, 5) is 36.7. The highest BCUT2D eigenvalue weighted by Crippen LogP contribution is 2.11. The molecule has 2 N–H and O–H groups in total. The number of urea groups is 1. The average molecular weight is 339 g/mol. The van der Waals surface area contributed by atoms with E-state index >= 15 is 0 Å². The van der Waals surface area contributed by atoms with Gasteiger partial charge >= 0.3 is 6.03 Å². The van der Waals surface area contributed by atoms with Gasteiger partial charge in [0.1, 0.15) is 18.4 Å². The maximum atomic E-state index is 12.8. The summed E-state index contributed by atoms with van der Waals surface area (Å²) in [6.45, 7) is -0.111. The first-order valence-corrected chi connectivity index (χ1v) is 8.52. The summed E-state index contributed by atoms with van der Waals surface area (Å²) in [5, 5.41) is 5.18. The first-order valence-electron chi connectivity index (χ1n) is 7.13. The van der Waals surface area contributed by atoms with Crippen LogP contribution < -0.4 is 10.6 Å². The normalized spacial score (nSPS) is 17.3. The number of amides is 4. The third kappa shape index (κ3) is 4.69. The van der Waals surface area contributed by atoms with E-state index in [1.54, 1.807) is 23.9 Å². The quantitative estimate of drug-likeness (QED) is 0.730. The summed E-state index contributed by atoms with van der Waals surface area (Å²) in [5.41, 5.74) is 0.731. The van der Waals surface area contributed by atoms with E-state index in [0.29, 0.717) is 6.42 Å². The van der Waals surface area contributed by atoms with Crippen molar-refractivity contribution in [3.8, 4) is 0 Å². The van der Waals surface area contributed by atoms with Crippen LogP contribution in [0.5, 0.6) is 0 Å². The molecule has 1 aromatic carbocycles. The molecular weight excluding hydrogens is 321 g/mol. The number of nitrogens with zero attached hydrogens (tertiary/aromatic N) is 1. The molecule has 1 atom stereocenters. The molecule has 0 unspecified atom stereocenters. The van der Waals surface area contributed by atoms with Gasteiger partial charge in [-0.2, -0.15) is 11.8 Å².